The van der Waals surface area contributed by atoms with Gasteiger partial charge in [0.1, 0.15) is 23.0 Å². The first-order valence-corrected chi connectivity index (χ1v) is 14.5. The number of hydrogen-bond acceptors (Lipinski definition) is 12. The summed E-state index contributed by atoms with van der Waals surface area (Å²) in [5, 5.41) is 0. The lowest BCUT2D eigenvalue weighted by Crippen LogP contribution is -2.68. The first kappa shape index (κ1) is 37.0. The number of carbonyl (C=O) groups excluding carboxylic acids is 2. The summed E-state index contributed by atoms with van der Waals surface area (Å²) in [5.41, 5.74) is 0. The van der Waals surface area contributed by atoms with Gasteiger partial charge in [-0.1, -0.05) is 67.9 Å². The second kappa shape index (κ2) is 20.0. The highest BCUT2D eigenvalue weighted by molar-refractivity contribution is 5.70. The topological polar surface area (TPSA) is 126 Å². The van der Waals surface area contributed by atoms with E-state index in [2.05, 4.69) is 26.3 Å². The molecule has 1 aliphatic rings. The zero-order valence-corrected chi connectivity index (χ0v) is 25.8. The predicted octanol–water partition coefficient (Wildman–Crippen LogP) is 6.39. The summed E-state index contributed by atoms with van der Waals surface area (Å²) in [7, 11) is 0. The molecule has 0 spiro atoms. The average Bonchev–Trinajstić information content (AvgIpc) is 2.97. The molecule has 1 fully saturated rings. The smallest absolute Gasteiger partial charge is 0.306 e. The first-order valence-electron chi connectivity index (χ1n) is 14.5. The molecule has 12 nitrogen and oxygen atoms in total. The Morgan fingerprint density at radius 3 is 0.905 bits per heavy atom. The first-order chi connectivity index (χ1) is 20.1. The van der Waals surface area contributed by atoms with Crippen LogP contribution in [-0.4, -0.2) is 48.6 Å². The van der Waals surface area contributed by atoms with Gasteiger partial charge in [0.05, 0.1) is 0 Å². The largest absolute Gasteiger partial charge is 0.455 e. The fourth-order valence-corrected chi connectivity index (χ4v) is 3.39. The molecule has 0 saturated heterocycles. The molecule has 0 amide bonds. The maximum absolute atomic E-state index is 12.9. The van der Waals surface area contributed by atoms with Gasteiger partial charge in [0.15, 0.2) is 36.6 Å². The fourth-order valence-electron chi connectivity index (χ4n) is 3.39. The van der Waals surface area contributed by atoms with Crippen molar-refractivity contribution >= 4 is 11.9 Å². The molecule has 240 valence electrons. The normalized spacial score (nSPS) is 23.3. The number of carbonyl (C=O) groups is 2. The summed E-state index contributed by atoms with van der Waals surface area (Å²) >= 11 is 0. The molecule has 0 heterocycles. The molecular weight excluding hydrogens is 552 g/mol. The van der Waals surface area contributed by atoms with E-state index in [1.54, 1.807) is 13.8 Å². The van der Waals surface area contributed by atoms with Gasteiger partial charge in [-0.05, 0) is 12.8 Å². The van der Waals surface area contributed by atoms with Gasteiger partial charge in [-0.15, -0.1) is 0 Å². The van der Waals surface area contributed by atoms with Crippen molar-refractivity contribution in [2.45, 2.75) is 130 Å². The molecule has 0 aromatic carbocycles. The Balaban J connectivity index is 3.79. The van der Waals surface area contributed by atoms with E-state index in [1.165, 1.54) is 0 Å². The van der Waals surface area contributed by atoms with Crippen molar-refractivity contribution in [2.24, 2.45) is 0 Å². The van der Waals surface area contributed by atoms with Crippen LogP contribution in [0.3, 0.4) is 0 Å². The summed E-state index contributed by atoms with van der Waals surface area (Å²) in [4.78, 5) is 70.5. The van der Waals surface area contributed by atoms with E-state index in [4.69, 9.17) is 48.6 Å². The van der Waals surface area contributed by atoms with Gasteiger partial charge in [-0.2, -0.15) is 19.6 Å². The molecule has 0 bridgehead atoms. The lowest BCUT2D eigenvalue weighted by atomic mass is 9.84. The quantitative estimate of drug-likeness (QED) is 0.0592. The minimum absolute atomic E-state index is 0.0735. The number of rotatable bonds is 22. The Morgan fingerprint density at radius 2 is 0.690 bits per heavy atom. The molecule has 6 atom stereocenters. The highest BCUT2D eigenvalue weighted by atomic mass is 17.3. The molecule has 1 saturated carbocycles. The van der Waals surface area contributed by atoms with Crippen molar-refractivity contribution in [3.63, 3.8) is 0 Å². The standard InChI is InChI=1S/C30H48O12/c1-11-17-23(31)33-25-26(34-24(32)18-12-2)28(40-36-20(8)14-4)30(42-38-22(10)16-6)29(41-37-21(9)15-5)27(25)39-35-19(7)13-3/h25-30H,7-18H2,1-6H3. The monoisotopic (exact) mass is 600 g/mol. The summed E-state index contributed by atoms with van der Waals surface area (Å²) in [6, 6.07) is 0. The molecule has 6 unspecified atom stereocenters. The van der Waals surface area contributed by atoms with Gasteiger partial charge < -0.3 is 29.0 Å². The summed E-state index contributed by atoms with van der Waals surface area (Å²) in [6.45, 7) is 26.0. The summed E-state index contributed by atoms with van der Waals surface area (Å²) in [6.07, 6.45) is -5.15. The zero-order valence-electron chi connectivity index (χ0n) is 25.8. The molecule has 12 heteroatoms. The maximum atomic E-state index is 12.9. The minimum Gasteiger partial charge on any atom is -0.455 e. The van der Waals surface area contributed by atoms with Crippen LogP contribution in [0.15, 0.2) is 49.4 Å². The fraction of sp³-hybridized carbons (Fsp3) is 0.667. The second-order valence-electron chi connectivity index (χ2n) is 9.55. The van der Waals surface area contributed by atoms with Crippen LogP contribution in [0.4, 0.5) is 0 Å². The lowest BCUT2D eigenvalue weighted by Gasteiger charge is -2.45. The molecule has 0 radical (unpaired) electrons. The number of ether oxygens (including phenoxy) is 2. The third-order valence-corrected chi connectivity index (χ3v) is 6.07. The SMILES string of the molecule is C=C(CC)OOC1C(OOC(=C)CC)C(OOC(=C)CC)C(OC(=O)CCC)C(OC(=O)CCC)C1OOC(=C)CC. The van der Waals surface area contributed by atoms with Gasteiger partial charge in [0.25, 0.3) is 0 Å². The summed E-state index contributed by atoms with van der Waals surface area (Å²) in [5.74, 6) is -0.108. The Kier molecular flexibility index (Phi) is 17.6. The predicted molar refractivity (Wildman–Crippen MR) is 151 cm³/mol. The Hall–Kier alpha value is -3.06. The van der Waals surface area contributed by atoms with Gasteiger partial charge in [0, 0.05) is 38.5 Å². The van der Waals surface area contributed by atoms with Crippen LogP contribution in [-0.2, 0) is 58.2 Å². The lowest BCUT2D eigenvalue weighted by molar-refractivity contribution is -0.461. The van der Waals surface area contributed by atoms with Gasteiger partial charge in [-0.25, -0.2) is 0 Å². The highest BCUT2D eigenvalue weighted by Gasteiger charge is 2.61. The number of hydrogen-bond donors (Lipinski definition) is 0. The van der Waals surface area contributed by atoms with E-state index in [1.807, 2.05) is 27.7 Å². The van der Waals surface area contributed by atoms with E-state index in [9.17, 15) is 9.59 Å². The van der Waals surface area contributed by atoms with Crippen molar-refractivity contribution in [3.8, 4) is 0 Å². The Bertz CT molecular complexity index is 829. The van der Waals surface area contributed by atoms with Crippen molar-refractivity contribution in [3.05, 3.63) is 49.4 Å². The van der Waals surface area contributed by atoms with Crippen LogP contribution in [0.25, 0.3) is 0 Å². The van der Waals surface area contributed by atoms with Crippen LogP contribution < -0.4 is 0 Å². The van der Waals surface area contributed by atoms with Crippen molar-refractivity contribution in [1.29, 1.82) is 0 Å². The van der Waals surface area contributed by atoms with Gasteiger partial charge in [-0.3, -0.25) is 9.59 Å². The second-order valence-corrected chi connectivity index (χ2v) is 9.55. The molecular formula is C30H48O12. The Morgan fingerprint density at radius 1 is 0.452 bits per heavy atom. The minimum atomic E-state index is -1.35. The van der Waals surface area contributed by atoms with E-state index in [0.717, 1.165) is 0 Å². The molecule has 1 rings (SSSR count). The third kappa shape index (κ3) is 12.0. The molecule has 0 aliphatic heterocycles. The van der Waals surface area contributed by atoms with Crippen molar-refractivity contribution in [1.82, 2.24) is 0 Å². The van der Waals surface area contributed by atoms with Crippen LogP contribution in [0.1, 0.15) is 92.9 Å². The van der Waals surface area contributed by atoms with Crippen molar-refractivity contribution < 1.29 is 58.2 Å². The molecule has 0 aromatic heterocycles. The van der Waals surface area contributed by atoms with Crippen molar-refractivity contribution in [2.75, 3.05) is 0 Å². The van der Waals surface area contributed by atoms with Crippen LogP contribution in [0, 0.1) is 0 Å². The van der Waals surface area contributed by atoms with E-state index in [0.29, 0.717) is 38.5 Å². The Labute approximate surface area is 249 Å². The number of esters is 2. The highest BCUT2D eigenvalue weighted by Crippen LogP contribution is 2.36. The van der Waals surface area contributed by atoms with Crippen LogP contribution in [0.5, 0.6) is 0 Å². The van der Waals surface area contributed by atoms with Crippen LogP contribution in [0.2, 0.25) is 0 Å². The molecule has 0 aromatic rings. The van der Waals surface area contributed by atoms with E-state index < -0.39 is 48.6 Å². The van der Waals surface area contributed by atoms with Gasteiger partial charge in [0.2, 0.25) is 0 Å². The summed E-state index contributed by atoms with van der Waals surface area (Å²) < 4.78 is 11.7. The van der Waals surface area contributed by atoms with Crippen LogP contribution >= 0.6 is 0 Å². The van der Waals surface area contributed by atoms with E-state index >= 15 is 0 Å². The van der Waals surface area contributed by atoms with Gasteiger partial charge >= 0.3 is 11.9 Å². The van der Waals surface area contributed by atoms with E-state index in [-0.39, 0.29) is 35.9 Å². The molecule has 1 aliphatic carbocycles. The molecule has 0 N–H and O–H groups in total. The number of allylic oxidation sites excluding steroid dienone is 4. The third-order valence-electron chi connectivity index (χ3n) is 6.07. The maximum Gasteiger partial charge on any atom is 0.306 e. The zero-order chi connectivity index (χ0) is 31.7. The average molecular weight is 601 g/mol. The molecule has 42 heavy (non-hydrogen) atoms.